The Balaban J connectivity index is 2.14. The SMILES string of the molecule is Cc1ccoc1C(=O)N1CCCCC1CCN. The number of amides is 1. The highest BCUT2D eigenvalue weighted by atomic mass is 16.3. The van der Waals surface area contributed by atoms with Gasteiger partial charge in [-0.05, 0) is 45.2 Å². The molecule has 1 atom stereocenters. The van der Waals surface area contributed by atoms with Crippen molar-refractivity contribution >= 4 is 5.91 Å². The van der Waals surface area contributed by atoms with Gasteiger partial charge in [0.2, 0.25) is 0 Å². The number of hydrogen-bond donors (Lipinski definition) is 1. The lowest BCUT2D eigenvalue weighted by atomic mass is 9.99. The highest BCUT2D eigenvalue weighted by Crippen LogP contribution is 2.23. The van der Waals surface area contributed by atoms with Crippen LogP contribution in [0.5, 0.6) is 0 Å². The van der Waals surface area contributed by atoms with Crippen LogP contribution in [-0.2, 0) is 0 Å². The lowest BCUT2D eigenvalue weighted by molar-refractivity contribution is 0.0571. The van der Waals surface area contributed by atoms with E-state index in [1.807, 2.05) is 17.9 Å². The van der Waals surface area contributed by atoms with Gasteiger partial charge < -0.3 is 15.1 Å². The quantitative estimate of drug-likeness (QED) is 0.872. The van der Waals surface area contributed by atoms with Crippen LogP contribution in [0.2, 0.25) is 0 Å². The largest absolute Gasteiger partial charge is 0.459 e. The summed E-state index contributed by atoms with van der Waals surface area (Å²) >= 11 is 0. The smallest absolute Gasteiger partial charge is 0.290 e. The predicted octanol–water partition coefficient (Wildman–Crippen LogP) is 1.93. The van der Waals surface area contributed by atoms with Crippen molar-refractivity contribution in [3.05, 3.63) is 23.7 Å². The average Bonchev–Trinajstić information content (AvgIpc) is 2.76. The van der Waals surface area contributed by atoms with Gasteiger partial charge in [0.15, 0.2) is 5.76 Å². The van der Waals surface area contributed by atoms with Gasteiger partial charge in [0.1, 0.15) is 0 Å². The fraction of sp³-hybridized carbons (Fsp3) is 0.615. The first-order chi connectivity index (χ1) is 8.24. The Morgan fingerprint density at radius 1 is 1.59 bits per heavy atom. The number of nitrogens with zero attached hydrogens (tertiary/aromatic N) is 1. The van der Waals surface area contributed by atoms with Gasteiger partial charge in [-0.2, -0.15) is 0 Å². The van der Waals surface area contributed by atoms with Crippen LogP contribution in [0.15, 0.2) is 16.7 Å². The summed E-state index contributed by atoms with van der Waals surface area (Å²) in [5.41, 5.74) is 6.52. The molecule has 2 rings (SSSR count). The van der Waals surface area contributed by atoms with Crippen molar-refractivity contribution in [1.82, 2.24) is 4.90 Å². The molecule has 0 saturated carbocycles. The van der Waals surface area contributed by atoms with Crippen LogP contribution in [0.25, 0.3) is 0 Å². The zero-order chi connectivity index (χ0) is 12.3. The maximum atomic E-state index is 12.4. The maximum absolute atomic E-state index is 12.4. The predicted molar refractivity (Wildman–Crippen MR) is 65.8 cm³/mol. The second-order valence-corrected chi connectivity index (χ2v) is 4.66. The minimum atomic E-state index is 0.0191. The number of piperidine rings is 1. The normalized spacial score (nSPS) is 20.6. The second-order valence-electron chi connectivity index (χ2n) is 4.66. The number of aryl methyl sites for hydroxylation is 1. The lowest BCUT2D eigenvalue weighted by Crippen LogP contribution is -2.44. The van der Waals surface area contributed by atoms with Gasteiger partial charge in [0, 0.05) is 18.2 Å². The number of carbonyl (C=O) groups excluding carboxylic acids is 1. The van der Waals surface area contributed by atoms with Crippen molar-refractivity contribution in [3.8, 4) is 0 Å². The molecule has 4 nitrogen and oxygen atoms in total. The first-order valence-electron chi connectivity index (χ1n) is 6.29. The van der Waals surface area contributed by atoms with Crippen LogP contribution in [-0.4, -0.2) is 29.9 Å². The van der Waals surface area contributed by atoms with E-state index < -0.39 is 0 Å². The van der Waals surface area contributed by atoms with Crippen LogP contribution in [0, 0.1) is 6.92 Å². The summed E-state index contributed by atoms with van der Waals surface area (Å²) in [6, 6.07) is 2.11. The minimum Gasteiger partial charge on any atom is -0.459 e. The molecule has 4 heteroatoms. The fourth-order valence-corrected chi connectivity index (χ4v) is 2.48. The number of hydrogen-bond acceptors (Lipinski definition) is 3. The topological polar surface area (TPSA) is 59.5 Å². The average molecular weight is 236 g/mol. The Morgan fingerprint density at radius 3 is 3.06 bits per heavy atom. The van der Waals surface area contributed by atoms with E-state index in [2.05, 4.69) is 0 Å². The number of rotatable bonds is 3. The van der Waals surface area contributed by atoms with Crippen molar-refractivity contribution in [2.75, 3.05) is 13.1 Å². The number of furan rings is 1. The molecule has 2 N–H and O–H groups in total. The fourth-order valence-electron chi connectivity index (χ4n) is 2.48. The molecule has 0 aromatic carbocycles. The molecule has 17 heavy (non-hydrogen) atoms. The monoisotopic (exact) mass is 236 g/mol. The molecule has 1 aliphatic rings. The Labute approximate surface area is 102 Å². The van der Waals surface area contributed by atoms with Gasteiger partial charge in [-0.25, -0.2) is 0 Å². The lowest BCUT2D eigenvalue weighted by Gasteiger charge is -2.35. The van der Waals surface area contributed by atoms with Gasteiger partial charge in [-0.3, -0.25) is 4.79 Å². The van der Waals surface area contributed by atoms with Gasteiger partial charge in [0.25, 0.3) is 5.91 Å². The van der Waals surface area contributed by atoms with Crippen molar-refractivity contribution in [3.63, 3.8) is 0 Å². The van der Waals surface area contributed by atoms with Gasteiger partial charge in [-0.15, -0.1) is 0 Å². The molecule has 1 aliphatic heterocycles. The third kappa shape index (κ3) is 2.52. The zero-order valence-electron chi connectivity index (χ0n) is 10.3. The summed E-state index contributed by atoms with van der Waals surface area (Å²) in [6.07, 6.45) is 5.77. The maximum Gasteiger partial charge on any atom is 0.290 e. The minimum absolute atomic E-state index is 0.0191. The summed E-state index contributed by atoms with van der Waals surface area (Å²) in [4.78, 5) is 14.3. The second kappa shape index (κ2) is 5.36. The van der Waals surface area contributed by atoms with Crippen LogP contribution in [0.3, 0.4) is 0 Å². The highest BCUT2D eigenvalue weighted by molar-refractivity contribution is 5.93. The molecule has 0 bridgehead atoms. The van der Waals surface area contributed by atoms with E-state index in [9.17, 15) is 4.79 Å². The van der Waals surface area contributed by atoms with Crippen LogP contribution < -0.4 is 5.73 Å². The Bertz CT molecular complexity index is 385. The molecular formula is C13H20N2O2. The van der Waals surface area contributed by atoms with E-state index >= 15 is 0 Å². The molecule has 0 spiro atoms. The van der Waals surface area contributed by atoms with Crippen molar-refractivity contribution in [2.24, 2.45) is 5.73 Å². The molecule has 1 unspecified atom stereocenters. The first kappa shape index (κ1) is 12.2. The number of nitrogens with two attached hydrogens (primary N) is 1. The summed E-state index contributed by atoms with van der Waals surface area (Å²) in [7, 11) is 0. The highest BCUT2D eigenvalue weighted by Gasteiger charge is 2.29. The van der Waals surface area contributed by atoms with Gasteiger partial charge >= 0.3 is 0 Å². The molecule has 0 radical (unpaired) electrons. The van der Waals surface area contributed by atoms with Gasteiger partial charge in [0.05, 0.1) is 6.26 Å². The molecule has 1 aromatic rings. The van der Waals surface area contributed by atoms with E-state index in [0.29, 0.717) is 12.3 Å². The number of likely N-dealkylation sites (tertiary alicyclic amines) is 1. The molecule has 2 heterocycles. The Hall–Kier alpha value is -1.29. The first-order valence-corrected chi connectivity index (χ1v) is 6.29. The standard InChI is InChI=1S/C13H20N2O2/c1-10-6-9-17-12(10)13(16)15-8-3-2-4-11(15)5-7-14/h6,9,11H,2-5,7-8,14H2,1H3. The van der Waals surface area contributed by atoms with Crippen LogP contribution in [0.4, 0.5) is 0 Å². The van der Waals surface area contributed by atoms with E-state index in [1.165, 1.54) is 6.42 Å². The van der Waals surface area contributed by atoms with Crippen LogP contribution in [0.1, 0.15) is 41.8 Å². The molecule has 1 fully saturated rings. The van der Waals surface area contributed by atoms with E-state index in [4.69, 9.17) is 10.2 Å². The molecular weight excluding hydrogens is 216 g/mol. The third-order valence-electron chi connectivity index (χ3n) is 3.44. The van der Waals surface area contributed by atoms with Gasteiger partial charge in [-0.1, -0.05) is 0 Å². The van der Waals surface area contributed by atoms with E-state index in [-0.39, 0.29) is 11.9 Å². The molecule has 1 saturated heterocycles. The third-order valence-corrected chi connectivity index (χ3v) is 3.44. The van der Waals surface area contributed by atoms with Crippen molar-refractivity contribution in [1.29, 1.82) is 0 Å². The van der Waals surface area contributed by atoms with Crippen molar-refractivity contribution < 1.29 is 9.21 Å². The Morgan fingerprint density at radius 2 is 2.41 bits per heavy atom. The molecule has 1 amide bonds. The summed E-state index contributed by atoms with van der Waals surface area (Å²) in [5.74, 6) is 0.500. The molecule has 94 valence electrons. The number of carbonyl (C=O) groups is 1. The Kier molecular flexibility index (Phi) is 3.84. The summed E-state index contributed by atoms with van der Waals surface area (Å²) in [5, 5.41) is 0. The van der Waals surface area contributed by atoms with E-state index in [0.717, 1.165) is 31.4 Å². The van der Waals surface area contributed by atoms with Crippen LogP contribution >= 0.6 is 0 Å². The molecule has 1 aromatic heterocycles. The van der Waals surface area contributed by atoms with Crippen molar-refractivity contribution in [2.45, 2.75) is 38.6 Å². The summed E-state index contributed by atoms with van der Waals surface area (Å²) < 4.78 is 5.28. The summed E-state index contributed by atoms with van der Waals surface area (Å²) in [6.45, 7) is 3.36. The van der Waals surface area contributed by atoms with E-state index in [1.54, 1.807) is 6.26 Å². The zero-order valence-corrected chi connectivity index (χ0v) is 10.3. The molecule has 0 aliphatic carbocycles.